The van der Waals surface area contributed by atoms with Crippen LogP contribution < -0.4 is 0 Å². The van der Waals surface area contributed by atoms with Gasteiger partial charge in [-0.25, -0.2) is 0 Å². The van der Waals surface area contributed by atoms with Crippen LogP contribution in [0.5, 0.6) is 0 Å². The number of carbonyl (C=O) groups excluding carboxylic acids is 2. The van der Waals surface area contributed by atoms with E-state index in [1.807, 2.05) is 0 Å². The van der Waals surface area contributed by atoms with Gasteiger partial charge in [-0.3, -0.25) is 9.59 Å². The molecule has 0 N–H and O–H groups in total. The normalized spacial score (nSPS) is 12.0. The van der Waals surface area contributed by atoms with Gasteiger partial charge in [-0.05, 0) is 12.8 Å². The molecule has 0 saturated heterocycles. The molecule has 0 spiro atoms. The molecule has 0 aromatic rings. The molecule has 4 heteroatoms. The van der Waals surface area contributed by atoms with Crippen molar-refractivity contribution >= 4 is 11.9 Å². The van der Waals surface area contributed by atoms with E-state index >= 15 is 0 Å². The Morgan fingerprint density at radius 1 is 0.739 bits per heavy atom. The molecule has 0 aliphatic heterocycles. The number of ether oxygens (including phenoxy) is 2. The van der Waals surface area contributed by atoms with Crippen molar-refractivity contribution in [1.82, 2.24) is 0 Å². The van der Waals surface area contributed by atoms with Gasteiger partial charge in [-0.15, -0.1) is 0 Å². The fourth-order valence-electron chi connectivity index (χ4n) is 2.30. The van der Waals surface area contributed by atoms with Crippen molar-refractivity contribution in [3.05, 3.63) is 0 Å². The van der Waals surface area contributed by atoms with Gasteiger partial charge in [0.25, 0.3) is 0 Å². The average molecular weight is 328 g/mol. The zero-order chi connectivity index (χ0) is 17.3. The molecule has 0 amide bonds. The average Bonchev–Trinajstić information content (AvgIpc) is 2.53. The summed E-state index contributed by atoms with van der Waals surface area (Å²) in [6.07, 6.45) is 11.4. The summed E-state index contributed by atoms with van der Waals surface area (Å²) in [6.45, 7) is 6.99. The second kappa shape index (κ2) is 15.8. The van der Waals surface area contributed by atoms with Crippen LogP contribution in [0.2, 0.25) is 0 Å². The molecule has 0 aliphatic rings. The Balaban J connectivity index is 3.59. The van der Waals surface area contributed by atoms with Crippen LogP contribution in [0.25, 0.3) is 0 Å². The Morgan fingerprint density at radius 2 is 1.22 bits per heavy atom. The van der Waals surface area contributed by atoms with Gasteiger partial charge in [-0.2, -0.15) is 0 Å². The standard InChI is InChI=1S/C19H36O4/c1-4-6-8-10-12-14-22-18(20)16-17(3)19(21)23-15-13-11-9-7-5-2/h17H,4-16H2,1-3H3. The predicted molar refractivity (Wildman–Crippen MR) is 93.2 cm³/mol. The lowest BCUT2D eigenvalue weighted by molar-refractivity contribution is -0.154. The highest BCUT2D eigenvalue weighted by Crippen LogP contribution is 2.09. The van der Waals surface area contributed by atoms with Crippen molar-refractivity contribution in [2.75, 3.05) is 13.2 Å². The fraction of sp³-hybridized carbons (Fsp3) is 0.895. The van der Waals surface area contributed by atoms with Crippen LogP contribution in [0, 0.1) is 5.92 Å². The predicted octanol–water partition coefficient (Wildman–Crippen LogP) is 5.04. The van der Waals surface area contributed by atoms with E-state index in [9.17, 15) is 9.59 Å². The van der Waals surface area contributed by atoms with Crippen molar-refractivity contribution in [1.29, 1.82) is 0 Å². The summed E-state index contributed by atoms with van der Waals surface area (Å²) >= 11 is 0. The van der Waals surface area contributed by atoms with Gasteiger partial charge in [-0.1, -0.05) is 72.1 Å². The second-order valence-corrected chi connectivity index (χ2v) is 6.32. The summed E-state index contributed by atoms with van der Waals surface area (Å²) in [5, 5.41) is 0. The number of hydrogen-bond donors (Lipinski definition) is 0. The van der Waals surface area contributed by atoms with E-state index in [0.717, 1.165) is 25.7 Å². The van der Waals surface area contributed by atoms with E-state index in [1.165, 1.54) is 38.5 Å². The minimum Gasteiger partial charge on any atom is -0.466 e. The monoisotopic (exact) mass is 328 g/mol. The van der Waals surface area contributed by atoms with Gasteiger partial charge in [0, 0.05) is 0 Å². The molecule has 4 nitrogen and oxygen atoms in total. The Bertz CT molecular complexity index is 302. The third kappa shape index (κ3) is 14.3. The molecular weight excluding hydrogens is 292 g/mol. The van der Waals surface area contributed by atoms with Crippen molar-refractivity contribution in [3.8, 4) is 0 Å². The lowest BCUT2D eigenvalue weighted by Gasteiger charge is -2.11. The first-order valence-corrected chi connectivity index (χ1v) is 9.44. The Morgan fingerprint density at radius 3 is 1.74 bits per heavy atom. The number of hydrogen-bond acceptors (Lipinski definition) is 4. The SMILES string of the molecule is CCCCCCCOC(=O)CC(C)C(=O)OCCCCCCC. The molecule has 0 aliphatic carbocycles. The van der Waals surface area contributed by atoms with E-state index in [4.69, 9.17) is 9.47 Å². The smallest absolute Gasteiger partial charge is 0.309 e. The highest BCUT2D eigenvalue weighted by atomic mass is 16.5. The van der Waals surface area contributed by atoms with Gasteiger partial charge in [0.15, 0.2) is 0 Å². The van der Waals surface area contributed by atoms with E-state index < -0.39 is 5.92 Å². The molecule has 0 aromatic heterocycles. The number of esters is 2. The molecule has 1 unspecified atom stereocenters. The number of rotatable bonds is 15. The van der Waals surface area contributed by atoms with E-state index in [-0.39, 0.29) is 18.4 Å². The van der Waals surface area contributed by atoms with Gasteiger partial charge >= 0.3 is 11.9 Å². The molecule has 0 radical (unpaired) electrons. The van der Waals surface area contributed by atoms with Crippen LogP contribution in [0.15, 0.2) is 0 Å². The summed E-state index contributed by atoms with van der Waals surface area (Å²) in [6, 6.07) is 0. The molecule has 0 heterocycles. The zero-order valence-corrected chi connectivity index (χ0v) is 15.4. The fourth-order valence-corrected chi connectivity index (χ4v) is 2.30. The highest BCUT2D eigenvalue weighted by Gasteiger charge is 2.19. The molecule has 0 rings (SSSR count). The minimum atomic E-state index is -0.418. The summed E-state index contributed by atoms with van der Waals surface area (Å²) in [7, 11) is 0. The van der Waals surface area contributed by atoms with E-state index in [1.54, 1.807) is 6.92 Å². The van der Waals surface area contributed by atoms with Gasteiger partial charge < -0.3 is 9.47 Å². The maximum Gasteiger partial charge on any atom is 0.309 e. The van der Waals surface area contributed by atoms with Crippen LogP contribution in [0.3, 0.4) is 0 Å². The van der Waals surface area contributed by atoms with E-state index in [2.05, 4.69) is 13.8 Å². The summed E-state index contributed by atoms with van der Waals surface area (Å²) in [5.41, 5.74) is 0. The van der Waals surface area contributed by atoms with Crippen LogP contribution in [-0.4, -0.2) is 25.2 Å². The topological polar surface area (TPSA) is 52.6 Å². The van der Waals surface area contributed by atoms with Crippen molar-refractivity contribution in [3.63, 3.8) is 0 Å². The number of carbonyl (C=O) groups is 2. The molecule has 136 valence electrons. The molecule has 23 heavy (non-hydrogen) atoms. The van der Waals surface area contributed by atoms with Crippen molar-refractivity contribution in [2.45, 2.75) is 91.4 Å². The molecule has 1 atom stereocenters. The minimum absolute atomic E-state index is 0.115. The van der Waals surface area contributed by atoms with Crippen LogP contribution in [0.1, 0.15) is 91.4 Å². The first kappa shape index (κ1) is 21.9. The largest absolute Gasteiger partial charge is 0.466 e. The van der Waals surface area contributed by atoms with Gasteiger partial charge in [0.1, 0.15) is 0 Å². The third-order valence-electron chi connectivity index (χ3n) is 3.88. The molecule has 0 fully saturated rings. The summed E-state index contributed by atoms with van der Waals surface area (Å²) < 4.78 is 10.4. The first-order valence-electron chi connectivity index (χ1n) is 9.44. The van der Waals surface area contributed by atoms with Gasteiger partial charge in [0.2, 0.25) is 0 Å². The Kier molecular flexibility index (Phi) is 15.1. The van der Waals surface area contributed by atoms with E-state index in [0.29, 0.717) is 13.2 Å². The second-order valence-electron chi connectivity index (χ2n) is 6.32. The summed E-state index contributed by atoms with van der Waals surface area (Å²) in [5.74, 6) is -1.01. The number of unbranched alkanes of at least 4 members (excludes halogenated alkanes) is 8. The van der Waals surface area contributed by atoms with Crippen LogP contribution >= 0.6 is 0 Å². The maximum absolute atomic E-state index is 11.8. The molecule has 0 aromatic carbocycles. The zero-order valence-electron chi connectivity index (χ0n) is 15.4. The van der Waals surface area contributed by atoms with Gasteiger partial charge in [0.05, 0.1) is 25.6 Å². The molecule has 0 saturated carbocycles. The van der Waals surface area contributed by atoms with Crippen LogP contribution in [-0.2, 0) is 19.1 Å². The molecule has 0 bridgehead atoms. The quantitative estimate of drug-likeness (QED) is 0.312. The third-order valence-corrected chi connectivity index (χ3v) is 3.88. The van der Waals surface area contributed by atoms with Crippen molar-refractivity contribution in [2.24, 2.45) is 5.92 Å². The van der Waals surface area contributed by atoms with Crippen LogP contribution in [0.4, 0.5) is 0 Å². The summed E-state index contributed by atoms with van der Waals surface area (Å²) in [4.78, 5) is 23.5. The lowest BCUT2D eigenvalue weighted by atomic mass is 10.1. The first-order chi connectivity index (χ1) is 11.1. The lowest BCUT2D eigenvalue weighted by Crippen LogP contribution is -2.20. The van der Waals surface area contributed by atoms with Crippen molar-refractivity contribution < 1.29 is 19.1 Å². The Labute approximate surface area is 142 Å². The molecular formula is C19H36O4. The Hall–Kier alpha value is -1.06. The maximum atomic E-state index is 11.8. The highest BCUT2D eigenvalue weighted by molar-refractivity contribution is 5.79.